The number of hydrogen-bond donors (Lipinski definition) is 0. The Morgan fingerprint density at radius 1 is 1.24 bits per heavy atom. The zero-order chi connectivity index (χ0) is 14.8. The van der Waals surface area contributed by atoms with Gasteiger partial charge in [-0.25, -0.2) is 4.98 Å². The summed E-state index contributed by atoms with van der Waals surface area (Å²) in [5.41, 5.74) is 2.57. The van der Waals surface area contributed by atoms with Crippen molar-refractivity contribution < 1.29 is 4.74 Å². The van der Waals surface area contributed by atoms with Crippen LogP contribution >= 0.6 is 11.6 Å². The summed E-state index contributed by atoms with van der Waals surface area (Å²) in [6, 6.07) is 13.0. The Bertz CT molecular complexity index is 850. The number of alkyl halides is 1. The molecule has 1 aromatic carbocycles. The zero-order valence-corrected chi connectivity index (χ0v) is 12.0. The lowest BCUT2D eigenvalue weighted by molar-refractivity contribution is 0.399. The standard InChI is InChI=1S/C15H11ClN4O/c1-21-14-7-6-11-15(19-14)20(13(8-16)18-11)12-5-3-2-4-10(12)9-17/h2-7H,8H2,1H3. The fourth-order valence-electron chi connectivity index (χ4n) is 2.21. The van der Waals surface area contributed by atoms with E-state index < -0.39 is 0 Å². The van der Waals surface area contributed by atoms with Crippen LogP contribution in [0.5, 0.6) is 5.88 Å². The van der Waals surface area contributed by atoms with Crippen molar-refractivity contribution in [1.82, 2.24) is 14.5 Å². The first-order valence-electron chi connectivity index (χ1n) is 6.26. The minimum Gasteiger partial charge on any atom is -0.481 e. The van der Waals surface area contributed by atoms with Crippen LogP contribution in [0.25, 0.3) is 16.9 Å². The van der Waals surface area contributed by atoms with E-state index in [1.54, 1.807) is 23.8 Å². The number of halogens is 1. The van der Waals surface area contributed by atoms with Crippen LogP contribution in [0.2, 0.25) is 0 Å². The van der Waals surface area contributed by atoms with Gasteiger partial charge in [-0.1, -0.05) is 12.1 Å². The largest absolute Gasteiger partial charge is 0.481 e. The quantitative estimate of drug-likeness (QED) is 0.697. The molecule has 2 heterocycles. The third kappa shape index (κ3) is 2.20. The van der Waals surface area contributed by atoms with Crippen molar-refractivity contribution in [1.29, 1.82) is 5.26 Å². The monoisotopic (exact) mass is 298 g/mol. The van der Waals surface area contributed by atoms with Crippen LogP contribution in [0.1, 0.15) is 11.4 Å². The van der Waals surface area contributed by atoms with Crippen LogP contribution in [0.3, 0.4) is 0 Å². The molecule has 21 heavy (non-hydrogen) atoms. The molecule has 0 atom stereocenters. The van der Waals surface area contributed by atoms with Crippen molar-refractivity contribution in [2.75, 3.05) is 7.11 Å². The molecule has 0 radical (unpaired) electrons. The molecule has 0 bridgehead atoms. The van der Waals surface area contributed by atoms with Gasteiger partial charge in [-0.3, -0.25) is 4.57 Å². The number of benzene rings is 1. The number of pyridine rings is 1. The second-order valence-corrected chi connectivity index (χ2v) is 4.59. The van der Waals surface area contributed by atoms with Crippen molar-refractivity contribution >= 4 is 22.8 Å². The van der Waals surface area contributed by atoms with E-state index in [0.29, 0.717) is 34.1 Å². The van der Waals surface area contributed by atoms with Crippen molar-refractivity contribution in [3.63, 3.8) is 0 Å². The second kappa shape index (κ2) is 5.43. The molecule has 3 aromatic rings. The minimum atomic E-state index is 0.221. The first kappa shape index (κ1) is 13.4. The Labute approximate surface area is 126 Å². The van der Waals surface area contributed by atoms with E-state index in [4.69, 9.17) is 16.3 Å². The summed E-state index contributed by atoms with van der Waals surface area (Å²) in [4.78, 5) is 8.89. The van der Waals surface area contributed by atoms with Gasteiger partial charge < -0.3 is 4.74 Å². The van der Waals surface area contributed by atoms with Crippen LogP contribution in [-0.4, -0.2) is 21.6 Å². The van der Waals surface area contributed by atoms with Crippen LogP contribution < -0.4 is 4.74 Å². The van der Waals surface area contributed by atoms with Crippen LogP contribution in [0, 0.1) is 11.3 Å². The Kier molecular flexibility index (Phi) is 3.46. The molecular weight excluding hydrogens is 288 g/mol. The highest BCUT2D eigenvalue weighted by molar-refractivity contribution is 6.17. The molecule has 0 unspecified atom stereocenters. The summed E-state index contributed by atoms with van der Waals surface area (Å²) in [5, 5.41) is 9.29. The van der Waals surface area contributed by atoms with Gasteiger partial charge in [-0.15, -0.1) is 11.6 Å². The fourth-order valence-corrected chi connectivity index (χ4v) is 2.39. The molecule has 0 aliphatic heterocycles. The zero-order valence-electron chi connectivity index (χ0n) is 11.2. The predicted molar refractivity (Wildman–Crippen MR) is 79.7 cm³/mol. The van der Waals surface area contributed by atoms with Crippen LogP contribution in [0.15, 0.2) is 36.4 Å². The second-order valence-electron chi connectivity index (χ2n) is 4.32. The molecule has 3 rings (SSSR count). The highest BCUT2D eigenvalue weighted by Crippen LogP contribution is 2.25. The number of nitriles is 1. The molecule has 5 nitrogen and oxygen atoms in total. The van der Waals surface area contributed by atoms with Gasteiger partial charge in [-0.05, 0) is 18.2 Å². The lowest BCUT2D eigenvalue weighted by Gasteiger charge is -2.09. The highest BCUT2D eigenvalue weighted by Gasteiger charge is 2.16. The van der Waals surface area contributed by atoms with E-state index in [2.05, 4.69) is 16.0 Å². The maximum atomic E-state index is 9.29. The van der Waals surface area contributed by atoms with Crippen molar-refractivity contribution in [3.05, 3.63) is 47.8 Å². The molecular formula is C15H11ClN4O. The maximum Gasteiger partial charge on any atom is 0.215 e. The summed E-state index contributed by atoms with van der Waals surface area (Å²) in [5.74, 6) is 1.34. The number of fused-ring (bicyclic) bond motifs is 1. The van der Waals surface area contributed by atoms with E-state index in [1.807, 2.05) is 24.3 Å². The number of aromatic nitrogens is 3. The number of methoxy groups -OCH3 is 1. The van der Waals surface area contributed by atoms with Gasteiger partial charge in [-0.2, -0.15) is 10.2 Å². The Morgan fingerprint density at radius 2 is 2.05 bits per heavy atom. The Morgan fingerprint density at radius 3 is 2.76 bits per heavy atom. The molecule has 0 saturated carbocycles. The number of hydrogen-bond acceptors (Lipinski definition) is 4. The predicted octanol–water partition coefficient (Wildman–Crippen LogP) is 3.04. The molecule has 0 saturated heterocycles. The molecule has 0 aliphatic carbocycles. The van der Waals surface area contributed by atoms with Gasteiger partial charge in [0.25, 0.3) is 0 Å². The molecule has 2 aromatic heterocycles. The number of para-hydroxylation sites is 1. The van der Waals surface area contributed by atoms with E-state index in [9.17, 15) is 5.26 Å². The van der Waals surface area contributed by atoms with Gasteiger partial charge in [0.1, 0.15) is 17.4 Å². The third-order valence-corrected chi connectivity index (χ3v) is 3.38. The molecule has 0 aliphatic rings. The summed E-state index contributed by atoms with van der Waals surface area (Å²) in [6.45, 7) is 0. The first-order chi connectivity index (χ1) is 10.3. The SMILES string of the molecule is COc1ccc2nc(CCl)n(-c3ccccc3C#N)c2n1. The van der Waals surface area contributed by atoms with Gasteiger partial charge in [0.05, 0.1) is 24.2 Å². The maximum absolute atomic E-state index is 9.29. The third-order valence-electron chi connectivity index (χ3n) is 3.14. The lowest BCUT2D eigenvalue weighted by Crippen LogP contribution is -2.03. The van der Waals surface area contributed by atoms with Crippen LogP contribution in [0.4, 0.5) is 0 Å². The van der Waals surface area contributed by atoms with Gasteiger partial charge in [0.2, 0.25) is 5.88 Å². The number of imidazole rings is 1. The van der Waals surface area contributed by atoms with Crippen LogP contribution in [-0.2, 0) is 5.88 Å². The summed E-state index contributed by atoms with van der Waals surface area (Å²) < 4.78 is 6.96. The average Bonchev–Trinajstić information content (AvgIpc) is 2.92. The Hall–Kier alpha value is -2.58. The average molecular weight is 299 g/mol. The first-order valence-corrected chi connectivity index (χ1v) is 6.79. The number of rotatable bonds is 3. The normalized spacial score (nSPS) is 10.5. The molecule has 6 heteroatoms. The lowest BCUT2D eigenvalue weighted by atomic mass is 10.2. The van der Waals surface area contributed by atoms with E-state index in [1.165, 1.54) is 0 Å². The van der Waals surface area contributed by atoms with E-state index in [-0.39, 0.29) is 5.88 Å². The summed E-state index contributed by atoms with van der Waals surface area (Å²) >= 11 is 6.00. The molecule has 0 spiro atoms. The highest BCUT2D eigenvalue weighted by atomic mass is 35.5. The number of nitrogens with zero attached hydrogens (tertiary/aromatic N) is 4. The van der Waals surface area contributed by atoms with Gasteiger partial charge >= 0.3 is 0 Å². The molecule has 104 valence electrons. The number of ether oxygens (including phenoxy) is 1. The van der Waals surface area contributed by atoms with Crippen molar-refractivity contribution in [3.8, 4) is 17.6 Å². The Balaban J connectivity index is 2.37. The van der Waals surface area contributed by atoms with Gasteiger partial charge in [0, 0.05) is 6.07 Å². The summed E-state index contributed by atoms with van der Waals surface area (Å²) in [6.07, 6.45) is 0. The fraction of sp³-hybridized carbons (Fsp3) is 0.133. The van der Waals surface area contributed by atoms with E-state index in [0.717, 1.165) is 0 Å². The molecule has 0 N–H and O–H groups in total. The minimum absolute atomic E-state index is 0.221. The molecule has 0 fully saturated rings. The molecule has 0 amide bonds. The van der Waals surface area contributed by atoms with Crippen molar-refractivity contribution in [2.45, 2.75) is 5.88 Å². The van der Waals surface area contributed by atoms with Crippen molar-refractivity contribution in [2.24, 2.45) is 0 Å². The smallest absolute Gasteiger partial charge is 0.215 e. The van der Waals surface area contributed by atoms with E-state index >= 15 is 0 Å². The van der Waals surface area contributed by atoms with Gasteiger partial charge in [0.15, 0.2) is 5.65 Å². The topological polar surface area (TPSA) is 63.7 Å². The summed E-state index contributed by atoms with van der Waals surface area (Å²) in [7, 11) is 1.56.